The minimum atomic E-state index is -4.64. The first-order valence-corrected chi connectivity index (χ1v) is 10.0. The average Bonchev–Trinajstić information content (AvgIpc) is 2.52. The van der Waals surface area contributed by atoms with Crippen molar-refractivity contribution in [3.63, 3.8) is 0 Å². The van der Waals surface area contributed by atoms with Crippen LogP contribution in [0.2, 0.25) is 0 Å². The third-order valence-corrected chi connectivity index (χ3v) is 5.78. The molecule has 0 aliphatic carbocycles. The molecule has 3 rings (SSSR count). The Morgan fingerprint density at radius 1 is 0.840 bits per heavy atom. The Morgan fingerprint density at radius 2 is 1.52 bits per heavy atom. The zero-order valence-electron chi connectivity index (χ0n) is 13.1. The number of rotatable bonds is 4. The maximum Gasteiger partial charge on any atom is 0.339 e. The lowest BCUT2D eigenvalue weighted by Gasteiger charge is -2.12. The maximum absolute atomic E-state index is 12.7. The highest BCUT2D eigenvalue weighted by Crippen LogP contribution is 2.30. The molecular formula is C17H14O6S2. The molecule has 3 aromatic carbocycles. The van der Waals surface area contributed by atoms with Gasteiger partial charge in [0, 0.05) is 5.39 Å². The van der Waals surface area contributed by atoms with Gasteiger partial charge < -0.3 is 4.18 Å². The first-order valence-electron chi connectivity index (χ1n) is 7.19. The first-order chi connectivity index (χ1) is 11.7. The van der Waals surface area contributed by atoms with E-state index in [0.717, 1.165) is 6.07 Å². The van der Waals surface area contributed by atoms with Crippen molar-refractivity contribution in [2.45, 2.75) is 16.7 Å². The molecule has 130 valence electrons. The fourth-order valence-electron chi connectivity index (χ4n) is 2.47. The second kappa shape index (κ2) is 6.14. The Bertz CT molecular complexity index is 1160. The van der Waals surface area contributed by atoms with Gasteiger partial charge in [0.05, 0.1) is 0 Å². The molecule has 0 bridgehead atoms. The van der Waals surface area contributed by atoms with E-state index in [2.05, 4.69) is 0 Å². The second-order valence-corrected chi connectivity index (χ2v) is 8.34. The van der Waals surface area contributed by atoms with Crippen LogP contribution in [-0.2, 0) is 20.2 Å². The molecule has 0 aliphatic rings. The summed E-state index contributed by atoms with van der Waals surface area (Å²) in [6, 6.07) is 15.3. The zero-order valence-corrected chi connectivity index (χ0v) is 14.7. The lowest BCUT2D eigenvalue weighted by Crippen LogP contribution is -2.13. The molecule has 0 aromatic heterocycles. The Morgan fingerprint density at radius 3 is 2.24 bits per heavy atom. The van der Waals surface area contributed by atoms with Crippen LogP contribution in [0.1, 0.15) is 5.56 Å². The summed E-state index contributed by atoms with van der Waals surface area (Å²) in [6.45, 7) is 1.64. The lowest BCUT2D eigenvalue weighted by atomic mass is 10.1. The van der Waals surface area contributed by atoms with Gasteiger partial charge >= 0.3 is 10.1 Å². The summed E-state index contributed by atoms with van der Waals surface area (Å²) in [6.07, 6.45) is 0. The molecular weight excluding hydrogens is 364 g/mol. The smallest absolute Gasteiger partial charge is 0.339 e. The predicted octanol–water partition coefficient (Wildman–Crippen LogP) is 3.16. The number of hydrogen-bond donors (Lipinski definition) is 1. The summed E-state index contributed by atoms with van der Waals surface area (Å²) in [4.78, 5) is -0.699. The SMILES string of the molecule is Cc1ccc(S(=O)(=O)O)c(OS(=O)(=O)c2cccc3ccccc23)c1. The topological polar surface area (TPSA) is 97.7 Å². The molecule has 0 fully saturated rings. The summed E-state index contributed by atoms with van der Waals surface area (Å²) in [5, 5.41) is 1.15. The van der Waals surface area contributed by atoms with E-state index in [1.807, 2.05) is 0 Å². The summed E-state index contributed by atoms with van der Waals surface area (Å²) in [5.41, 5.74) is 0.579. The van der Waals surface area contributed by atoms with Crippen LogP contribution in [0.4, 0.5) is 0 Å². The van der Waals surface area contributed by atoms with Crippen LogP contribution in [-0.4, -0.2) is 21.4 Å². The molecule has 0 saturated heterocycles. The fraction of sp³-hybridized carbons (Fsp3) is 0.0588. The number of hydrogen-bond acceptors (Lipinski definition) is 5. The van der Waals surface area contributed by atoms with Crippen molar-refractivity contribution in [3.05, 3.63) is 66.2 Å². The van der Waals surface area contributed by atoms with Crippen molar-refractivity contribution in [2.24, 2.45) is 0 Å². The third kappa shape index (κ3) is 3.51. The number of benzene rings is 3. The van der Waals surface area contributed by atoms with Gasteiger partial charge in [-0.2, -0.15) is 16.8 Å². The fourth-order valence-corrected chi connectivity index (χ4v) is 4.28. The molecule has 0 unspecified atom stereocenters. The van der Waals surface area contributed by atoms with Gasteiger partial charge in [0.1, 0.15) is 9.79 Å². The molecule has 25 heavy (non-hydrogen) atoms. The van der Waals surface area contributed by atoms with Gasteiger partial charge in [0.2, 0.25) is 0 Å². The lowest BCUT2D eigenvalue weighted by molar-refractivity contribution is 0.463. The molecule has 0 amide bonds. The van der Waals surface area contributed by atoms with E-state index in [4.69, 9.17) is 4.18 Å². The molecule has 0 spiro atoms. The Hall–Kier alpha value is -2.42. The summed E-state index contributed by atoms with van der Waals surface area (Å²) < 4.78 is 62.7. The third-order valence-electron chi connectivity index (χ3n) is 3.60. The van der Waals surface area contributed by atoms with Crippen LogP contribution in [0.3, 0.4) is 0 Å². The minimum absolute atomic E-state index is 0.0895. The Kier molecular flexibility index (Phi) is 4.28. The van der Waals surface area contributed by atoms with E-state index in [1.54, 1.807) is 43.3 Å². The van der Waals surface area contributed by atoms with E-state index in [0.29, 0.717) is 16.3 Å². The van der Waals surface area contributed by atoms with E-state index >= 15 is 0 Å². The second-order valence-electron chi connectivity index (χ2n) is 5.44. The van der Waals surface area contributed by atoms with E-state index in [9.17, 15) is 21.4 Å². The zero-order chi connectivity index (χ0) is 18.2. The molecule has 0 atom stereocenters. The normalized spacial score (nSPS) is 12.2. The van der Waals surface area contributed by atoms with Crippen LogP contribution in [0.5, 0.6) is 5.75 Å². The largest absolute Gasteiger partial charge is 0.377 e. The monoisotopic (exact) mass is 378 g/mol. The molecule has 1 N–H and O–H groups in total. The summed E-state index contributed by atoms with van der Waals surface area (Å²) >= 11 is 0. The van der Waals surface area contributed by atoms with Crippen LogP contribution in [0.15, 0.2) is 70.5 Å². The van der Waals surface area contributed by atoms with Gasteiger partial charge in [0.15, 0.2) is 5.75 Å². The maximum atomic E-state index is 12.7. The molecule has 8 heteroatoms. The van der Waals surface area contributed by atoms with E-state index < -0.39 is 30.9 Å². The van der Waals surface area contributed by atoms with Gasteiger partial charge in [-0.05, 0) is 36.1 Å². The molecule has 0 aliphatic heterocycles. The average molecular weight is 378 g/mol. The van der Waals surface area contributed by atoms with Crippen LogP contribution >= 0.6 is 0 Å². The summed E-state index contributed by atoms with van der Waals surface area (Å²) in [5.74, 6) is -0.449. The van der Waals surface area contributed by atoms with Crippen LogP contribution in [0.25, 0.3) is 10.8 Å². The molecule has 3 aromatic rings. The highest BCUT2D eigenvalue weighted by Gasteiger charge is 2.24. The van der Waals surface area contributed by atoms with E-state index in [1.165, 1.54) is 18.2 Å². The highest BCUT2D eigenvalue weighted by atomic mass is 32.2. The highest BCUT2D eigenvalue weighted by molar-refractivity contribution is 7.87. The van der Waals surface area contributed by atoms with Crippen molar-refractivity contribution < 1.29 is 25.6 Å². The van der Waals surface area contributed by atoms with Crippen LogP contribution < -0.4 is 4.18 Å². The van der Waals surface area contributed by atoms with Crippen molar-refractivity contribution in [1.82, 2.24) is 0 Å². The number of fused-ring (bicyclic) bond motifs is 1. The van der Waals surface area contributed by atoms with Gasteiger partial charge in [0.25, 0.3) is 10.1 Å². The van der Waals surface area contributed by atoms with Crippen molar-refractivity contribution >= 4 is 31.0 Å². The molecule has 0 heterocycles. The Labute approximate surface area is 145 Å². The molecule has 0 saturated carbocycles. The van der Waals surface area contributed by atoms with Gasteiger partial charge in [-0.25, -0.2) is 0 Å². The van der Waals surface area contributed by atoms with Crippen LogP contribution in [0, 0.1) is 6.92 Å². The minimum Gasteiger partial charge on any atom is -0.377 e. The predicted molar refractivity (Wildman–Crippen MR) is 92.8 cm³/mol. The standard InChI is InChI=1S/C17H14O6S2/c1-12-9-10-17(24(18,19)20)15(11-12)23-25(21,22)16-8-4-6-13-5-2-3-7-14(13)16/h2-11H,1H3,(H,18,19,20). The van der Waals surface area contributed by atoms with Crippen molar-refractivity contribution in [3.8, 4) is 5.75 Å². The van der Waals surface area contributed by atoms with Crippen molar-refractivity contribution in [2.75, 3.05) is 0 Å². The van der Waals surface area contributed by atoms with Gasteiger partial charge in [-0.1, -0.05) is 42.5 Å². The molecule has 6 nitrogen and oxygen atoms in total. The van der Waals surface area contributed by atoms with Gasteiger partial charge in [-0.15, -0.1) is 0 Å². The summed E-state index contributed by atoms with van der Waals surface area (Å²) in [7, 11) is -8.95. The van der Waals surface area contributed by atoms with E-state index in [-0.39, 0.29) is 4.90 Å². The van der Waals surface area contributed by atoms with Gasteiger partial charge in [-0.3, -0.25) is 4.55 Å². The Balaban J connectivity index is 2.16. The molecule has 0 radical (unpaired) electrons. The first kappa shape index (κ1) is 17.4. The number of aryl methyl sites for hydroxylation is 1. The quantitative estimate of drug-likeness (QED) is 0.553. The van der Waals surface area contributed by atoms with Crippen molar-refractivity contribution in [1.29, 1.82) is 0 Å².